The summed E-state index contributed by atoms with van der Waals surface area (Å²) >= 11 is 0. The normalized spacial score (nSPS) is 17.0. The number of hydrogen-bond acceptors (Lipinski definition) is 4. The third-order valence-electron chi connectivity index (χ3n) is 3.10. The zero-order chi connectivity index (χ0) is 16.7. The number of Topliss-reactive ketones (excluding diaryl/α,β-unsaturated/α-hetero) is 1. The van der Waals surface area contributed by atoms with E-state index in [-0.39, 0.29) is 30.1 Å². The van der Waals surface area contributed by atoms with Crippen LogP contribution in [-0.4, -0.2) is 29.5 Å². The van der Waals surface area contributed by atoms with Gasteiger partial charge in [-0.1, -0.05) is 32.0 Å². The van der Waals surface area contributed by atoms with Crippen LogP contribution < -0.4 is 10.6 Å². The predicted octanol–water partition coefficient (Wildman–Crippen LogP) is 1.45. The summed E-state index contributed by atoms with van der Waals surface area (Å²) in [5.74, 6) is -1.58. The van der Waals surface area contributed by atoms with Crippen molar-refractivity contribution in [2.24, 2.45) is 0 Å². The first kappa shape index (κ1) is 17.6. The monoisotopic (exact) mass is 304 g/mol. The van der Waals surface area contributed by atoms with Crippen LogP contribution in [0.3, 0.4) is 0 Å². The van der Waals surface area contributed by atoms with Crippen molar-refractivity contribution in [1.29, 1.82) is 0 Å². The topological polar surface area (TPSA) is 92.3 Å². The van der Waals surface area contributed by atoms with Crippen LogP contribution in [0.4, 0.5) is 0 Å². The zero-order valence-electron chi connectivity index (χ0n) is 12.9. The van der Waals surface area contributed by atoms with Gasteiger partial charge in [-0.05, 0) is 19.4 Å². The molecule has 1 atom stereocenters. The van der Waals surface area contributed by atoms with E-state index < -0.39 is 17.9 Å². The number of carbonyl (C=O) groups excluding carboxylic acids is 4. The van der Waals surface area contributed by atoms with E-state index in [0.717, 1.165) is 0 Å². The number of nitrogens with one attached hydrogen (secondary N) is 2. The Balaban J connectivity index is 0.00000116. The molecule has 118 valence electrons. The third-order valence-corrected chi connectivity index (χ3v) is 3.10. The molecule has 0 aliphatic carbocycles. The number of carbonyl (C=O) groups is 4. The summed E-state index contributed by atoms with van der Waals surface area (Å²) in [6, 6.07) is 5.64. The highest BCUT2D eigenvalue weighted by Gasteiger charge is 2.28. The Hall–Kier alpha value is -2.50. The second-order valence-electron chi connectivity index (χ2n) is 4.58. The van der Waals surface area contributed by atoms with Crippen molar-refractivity contribution in [1.82, 2.24) is 10.6 Å². The lowest BCUT2D eigenvalue weighted by atomic mass is 10.0. The van der Waals surface area contributed by atoms with Gasteiger partial charge in [-0.15, -0.1) is 0 Å². The molecule has 1 saturated heterocycles. The van der Waals surface area contributed by atoms with E-state index in [9.17, 15) is 19.2 Å². The van der Waals surface area contributed by atoms with Crippen molar-refractivity contribution in [2.45, 2.75) is 39.7 Å². The number of benzene rings is 1. The van der Waals surface area contributed by atoms with E-state index in [1.807, 2.05) is 13.8 Å². The highest BCUT2D eigenvalue weighted by Crippen LogP contribution is 2.11. The molecule has 0 bridgehead atoms. The molecule has 3 amide bonds. The minimum atomic E-state index is -0.750. The Morgan fingerprint density at radius 1 is 1.14 bits per heavy atom. The molecule has 1 fully saturated rings. The first-order valence-electron chi connectivity index (χ1n) is 7.23. The standard InChI is InChI=1S/C14H14N2O4.C2H6/c1-8(17)9-4-2-3-5-10(9)13(19)15-11-6-7-12(18)16-14(11)20;1-2/h2-5,11H,6-7H2,1H3,(H,15,19)(H,16,18,20);1-2H3. The van der Waals surface area contributed by atoms with Gasteiger partial charge in [-0.3, -0.25) is 24.5 Å². The van der Waals surface area contributed by atoms with Gasteiger partial charge in [0.1, 0.15) is 6.04 Å². The SMILES string of the molecule is CC.CC(=O)c1ccccc1C(=O)NC1CCC(=O)NC1=O. The van der Waals surface area contributed by atoms with Crippen molar-refractivity contribution in [3.63, 3.8) is 0 Å². The fraction of sp³-hybridized carbons (Fsp3) is 0.375. The molecule has 2 N–H and O–H groups in total. The maximum absolute atomic E-state index is 12.1. The van der Waals surface area contributed by atoms with E-state index >= 15 is 0 Å². The molecule has 1 aliphatic rings. The summed E-state index contributed by atoms with van der Waals surface area (Å²) in [4.78, 5) is 46.2. The Labute approximate surface area is 129 Å². The second kappa shape index (κ2) is 8.07. The van der Waals surface area contributed by atoms with Crippen LogP contribution >= 0.6 is 0 Å². The maximum atomic E-state index is 12.1. The van der Waals surface area contributed by atoms with E-state index in [1.165, 1.54) is 13.0 Å². The van der Waals surface area contributed by atoms with E-state index in [2.05, 4.69) is 10.6 Å². The summed E-state index contributed by atoms with van der Waals surface area (Å²) in [7, 11) is 0. The predicted molar refractivity (Wildman–Crippen MR) is 81.4 cm³/mol. The summed E-state index contributed by atoms with van der Waals surface area (Å²) in [6.07, 6.45) is 0.448. The second-order valence-corrected chi connectivity index (χ2v) is 4.58. The van der Waals surface area contributed by atoms with E-state index in [0.29, 0.717) is 5.56 Å². The number of rotatable bonds is 3. The summed E-state index contributed by atoms with van der Waals surface area (Å²) in [6.45, 7) is 5.37. The van der Waals surface area contributed by atoms with Crippen molar-refractivity contribution in [3.8, 4) is 0 Å². The van der Waals surface area contributed by atoms with Gasteiger partial charge in [0.2, 0.25) is 11.8 Å². The van der Waals surface area contributed by atoms with Crippen LogP contribution in [-0.2, 0) is 9.59 Å². The van der Waals surface area contributed by atoms with Gasteiger partial charge in [0, 0.05) is 12.0 Å². The van der Waals surface area contributed by atoms with Crippen LogP contribution in [0.15, 0.2) is 24.3 Å². The van der Waals surface area contributed by atoms with E-state index in [1.54, 1.807) is 18.2 Å². The van der Waals surface area contributed by atoms with Crippen LogP contribution in [0, 0.1) is 0 Å². The molecule has 22 heavy (non-hydrogen) atoms. The Morgan fingerprint density at radius 2 is 1.73 bits per heavy atom. The summed E-state index contributed by atoms with van der Waals surface area (Å²) in [5, 5.41) is 4.71. The highest BCUT2D eigenvalue weighted by atomic mass is 16.2. The van der Waals surface area contributed by atoms with Crippen molar-refractivity contribution in [2.75, 3.05) is 0 Å². The maximum Gasteiger partial charge on any atom is 0.252 e. The Morgan fingerprint density at radius 3 is 2.27 bits per heavy atom. The molecule has 0 saturated carbocycles. The largest absolute Gasteiger partial charge is 0.340 e. The molecule has 1 heterocycles. The number of amides is 3. The van der Waals surface area contributed by atoms with Crippen molar-refractivity contribution < 1.29 is 19.2 Å². The quantitative estimate of drug-likeness (QED) is 0.653. The van der Waals surface area contributed by atoms with Crippen molar-refractivity contribution in [3.05, 3.63) is 35.4 Å². The van der Waals surface area contributed by atoms with Crippen LogP contribution in [0.25, 0.3) is 0 Å². The van der Waals surface area contributed by atoms with Gasteiger partial charge in [0.25, 0.3) is 5.91 Å². The minimum absolute atomic E-state index is 0.186. The minimum Gasteiger partial charge on any atom is -0.340 e. The Kier molecular flexibility index (Phi) is 6.44. The number of ketones is 1. The molecule has 0 spiro atoms. The average molecular weight is 304 g/mol. The van der Waals surface area contributed by atoms with Gasteiger partial charge >= 0.3 is 0 Å². The first-order valence-corrected chi connectivity index (χ1v) is 7.23. The molecule has 6 heteroatoms. The fourth-order valence-electron chi connectivity index (χ4n) is 2.06. The molecule has 0 radical (unpaired) electrons. The lowest BCUT2D eigenvalue weighted by Gasteiger charge is -2.22. The number of hydrogen-bond donors (Lipinski definition) is 2. The average Bonchev–Trinajstić information content (AvgIpc) is 2.52. The van der Waals surface area contributed by atoms with Gasteiger partial charge in [0.15, 0.2) is 5.78 Å². The molecule has 1 aromatic rings. The van der Waals surface area contributed by atoms with Gasteiger partial charge in [-0.25, -0.2) is 0 Å². The molecular weight excluding hydrogens is 284 g/mol. The fourth-order valence-corrected chi connectivity index (χ4v) is 2.06. The lowest BCUT2D eigenvalue weighted by molar-refractivity contribution is -0.134. The zero-order valence-corrected chi connectivity index (χ0v) is 12.9. The van der Waals surface area contributed by atoms with Gasteiger partial charge in [-0.2, -0.15) is 0 Å². The highest BCUT2D eigenvalue weighted by molar-refractivity contribution is 6.09. The lowest BCUT2D eigenvalue weighted by Crippen LogP contribution is -2.52. The molecule has 1 aromatic carbocycles. The number of piperidine rings is 1. The molecule has 6 nitrogen and oxygen atoms in total. The summed E-state index contributed by atoms with van der Waals surface area (Å²) < 4.78 is 0. The van der Waals surface area contributed by atoms with Crippen LogP contribution in [0.1, 0.15) is 54.3 Å². The third kappa shape index (κ3) is 4.25. The van der Waals surface area contributed by atoms with Gasteiger partial charge in [0.05, 0.1) is 5.56 Å². The molecule has 0 aromatic heterocycles. The first-order chi connectivity index (χ1) is 10.5. The van der Waals surface area contributed by atoms with Gasteiger partial charge < -0.3 is 5.32 Å². The van der Waals surface area contributed by atoms with Crippen LogP contribution in [0.2, 0.25) is 0 Å². The number of imide groups is 1. The summed E-state index contributed by atoms with van der Waals surface area (Å²) in [5.41, 5.74) is 0.530. The smallest absolute Gasteiger partial charge is 0.252 e. The van der Waals surface area contributed by atoms with Crippen molar-refractivity contribution >= 4 is 23.5 Å². The molecule has 1 unspecified atom stereocenters. The van der Waals surface area contributed by atoms with E-state index in [4.69, 9.17) is 0 Å². The Bertz CT molecular complexity index is 596. The van der Waals surface area contributed by atoms with Crippen LogP contribution in [0.5, 0.6) is 0 Å². The molecular formula is C16H20N2O4. The molecule has 1 aliphatic heterocycles. The molecule has 2 rings (SSSR count).